The number of carbonyl (C=O) groups excluding carboxylic acids is 2. The summed E-state index contributed by atoms with van der Waals surface area (Å²) < 4.78 is 5.95. The molecule has 1 atom stereocenters. The average molecular weight is 542 g/mol. The number of hydrogen-bond donors (Lipinski definition) is 1. The van der Waals surface area contributed by atoms with Crippen molar-refractivity contribution in [2.75, 3.05) is 13.2 Å². The Morgan fingerprint density at radius 2 is 1.70 bits per heavy atom. The zero-order chi connectivity index (χ0) is 26.9. The molecule has 196 valence electrons. The van der Waals surface area contributed by atoms with Crippen molar-refractivity contribution in [1.82, 2.24) is 10.2 Å². The Bertz CT molecular complexity index is 1210. The van der Waals surface area contributed by atoms with Crippen LogP contribution in [0.1, 0.15) is 36.1 Å². The first-order valence-corrected chi connectivity index (χ1v) is 13.1. The predicted octanol–water partition coefficient (Wildman–Crippen LogP) is 6.40. The quantitative estimate of drug-likeness (QED) is 0.306. The van der Waals surface area contributed by atoms with Gasteiger partial charge in [-0.2, -0.15) is 0 Å². The monoisotopic (exact) mass is 540 g/mol. The lowest BCUT2D eigenvalue weighted by Gasteiger charge is -2.32. The number of halogens is 2. The lowest BCUT2D eigenvalue weighted by molar-refractivity contribution is -0.142. The summed E-state index contributed by atoms with van der Waals surface area (Å²) in [7, 11) is 0. The minimum absolute atomic E-state index is 0.137. The molecular formula is C30H34Cl2N2O3. The molecule has 3 rings (SSSR count). The van der Waals surface area contributed by atoms with Crippen LogP contribution in [0.3, 0.4) is 0 Å². The number of benzene rings is 3. The van der Waals surface area contributed by atoms with E-state index in [1.54, 1.807) is 23.1 Å². The fourth-order valence-corrected chi connectivity index (χ4v) is 4.36. The molecule has 0 saturated carbocycles. The second-order valence-corrected chi connectivity index (χ2v) is 10.5. The molecule has 5 nitrogen and oxygen atoms in total. The molecule has 0 spiro atoms. The Labute approximate surface area is 229 Å². The molecule has 2 amide bonds. The van der Waals surface area contributed by atoms with Gasteiger partial charge in [0.05, 0.1) is 0 Å². The number of amides is 2. The van der Waals surface area contributed by atoms with Crippen LogP contribution in [0.15, 0.2) is 66.7 Å². The second kappa shape index (κ2) is 13.5. The summed E-state index contributed by atoms with van der Waals surface area (Å²) >= 11 is 12.6. The van der Waals surface area contributed by atoms with E-state index in [0.717, 1.165) is 16.7 Å². The summed E-state index contributed by atoms with van der Waals surface area (Å²) in [5, 5.41) is 3.94. The van der Waals surface area contributed by atoms with Gasteiger partial charge in [-0.25, -0.2) is 0 Å². The van der Waals surface area contributed by atoms with Crippen LogP contribution in [0.5, 0.6) is 5.75 Å². The second-order valence-electron chi connectivity index (χ2n) is 9.66. The number of hydrogen-bond acceptors (Lipinski definition) is 3. The van der Waals surface area contributed by atoms with Crippen molar-refractivity contribution in [2.45, 2.75) is 46.7 Å². The van der Waals surface area contributed by atoms with Crippen LogP contribution in [0.2, 0.25) is 10.0 Å². The minimum atomic E-state index is -0.761. The van der Waals surface area contributed by atoms with Crippen LogP contribution in [0.25, 0.3) is 0 Å². The molecule has 37 heavy (non-hydrogen) atoms. The highest BCUT2D eigenvalue weighted by molar-refractivity contribution is 6.35. The van der Waals surface area contributed by atoms with Gasteiger partial charge in [-0.1, -0.05) is 85.6 Å². The van der Waals surface area contributed by atoms with Gasteiger partial charge < -0.3 is 15.0 Å². The number of ether oxygens (including phenoxy) is 1. The average Bonchev–Trinajstić information content (AvgIpc) is 2.86. The van der Waals surface area contributed by atoms with Crippen molar-refractivity contribution in [3.8, 4) is 5.75 Å². The van der Waals surface area contributed by atoms with Gasteiger partial charge in [-0.15, -0.1) is 0 Å². The smallest absolute Gasteiger partial charge is 0.261 e. The van der Waals surface area contributed by atoms with Crippen LogP contribution in [0, 0.1) is 19.8 Å². The maximum Gasteiger partial charge on any atom is 0.261 e. The predicted molar refractivity (Wildman–Crippen MR) is 150 cm³/mol. The van der Waals surface area contributed by atoms with E-state index in [9.17, 15) is 9.59 Å². The largest absolute Gasteiger partial charge is 0.483 e. The van der Waals surface area contributed by atoms with Gasteiger partial charge in [-0.3, -0.25) is 9.59 Å². The number of carbonyl (C=O) groups is 2. The minimum Gasteiger partial charge on any atom is -0.483 e. The molecule has 0 aromatic heterocycles. The Morgan fingerprint density at radius 3 is 2.38 bits per heavy atom. The van der Waals surface area contributed by atoms with E-state index in [-0.39, 0.29) is 30.9 Å². The van der Waals surface area contributed by atoms with Crippen LogP contribution < -0.4 is 10.1 Å². The Balaban J connectivity index is 1.95. The Kier molecular flexibility index (Phi) is 10.4. The van der Waals surface area contributed by atoms with Crippen molar-refractivity contribution in [2.24, 2.45) is 5.92 Å². The molecular weight excluding hydrogens is 507 g/mol. The molecule has 0 radical (unpaired) electrons. The normalized spacial score (nSPS) is 11.8. The number of aryl methyl sites for hydroxylation is 2. The number of nitrogens with one attached hydrogen (secondary N) is 1. The zero-order valence-corrected chi connectivity index (χ0v) is 23.3. The van der Waals surface area contributed by atoms with E-state index >= 15 is 0 Å². The summed E-state index contributed by atoms with van der Waals surface area (Å²) in [6, 6.07) is 19.9. The lowest BCUT2D eigenvalue weighted by atomic mass is 10.0. The summed E-state index contributed by atoms with van der Waals surface area (Å²) in [6.07, 6.45) is 0.352. The molecule has 3 aromatic rings. The fourth-order valence-electron chi connectivity index (χ4n) is 3.90. The third-order valence-corrected chi connectivity index (χ3v) is 6.59. The standard InChI is InChI=1S/C30H34Cl2N2O3/c1-20(2)17-33-30(36)27(15-23-8-6-5-7-9-23)34(18-24-12-13-25(31)16-26(24)32)29(35)19-37-28-14-21(3)10-11-22(28)4/h5-14,16,20,27H,15,17-19H2,1-4H3,(H,33,36). The van der Waals surface area contributed by atoms with Crippen LogP contribution in [0.4, 0.5) is 0 Å². The third kappa shape index (κ3) is 8.51. The molecule has 0 aliphatic carbocycles. The Morgan fingerprint density at radius 1 is 0.973 bits per heavy atom. The molecule has 3 aromatic carbocycles. The van der Waals surface area contributed by atoms with E-state index in [4.69, 9.17) is 27.9 Å². The van der Waals surface area contributed by atoms with E-state index in [1.807, 2.05) is 76.2 Å². The summed E-state index contributed by atoms with van der Waals surface area (Å²) in [4.78, 5) is 28.8. The first kappa shape index (κ1) is 28.5. The zero-order valence-electron chi connectivity index (χ0n) is 21.8. The topological polar surface area (TPSA) is 58.6 Å². The van der Waals surface area contributed by atoms with Gasteiger partial charge in [0.1, 0.15) is 11.8 Å². The van der Waals surface area contributed by atoms with Gasteiger partial charge in [0.2, 0.25) is 5.91 Å². The van der Waals surface area contributed by atoms with E-state index < -0.39 is 6.04 Å². The van der Waals surface area contributed by atoms with Gasteiger partial charge >= 0.3 is 0 Å². The maximum absolute atomic E-state index is 13.7. The van der Waals surface area contributed by atoms with Crippen LogP contribution >= 0.6 is 23.2 Å². The van der Waals surface area contributed by atoms with Crippen molar-refractivity contribution in [1.29, 1.82) is 0 Å². The molecule has 7 heteroatoms. The third-order valence-electron chi connectivity index (χ3n) is 6.01. The summed E-state index contributed by atoms with van der Waals surface area (Å²) in [5.41, 5.74) is 3.61. The molecule has 0 saturated heterocycles. The summed E-state index contributed by atoms with van der Waals surface area (Å²) in [5.74, 6) is 0.376. The maximum atomic E-state index is 13.7. The van der Waals surface area contributed by atoms with Crippen LogP contribution in [-0.2, 0) is 22.6 Å². The Hall–Kier alpha value is -3.02. The highest BCUT2D eigenvalue weighted by Crippen LogP contribution is 2.25. The first-order chi connectivity index (χ1) is 17.6. The molecule has 0 bridgehead atoms. The van der Waals surface area contributed by atoms with E-state index in [0.29, 0.717) is 34.3 Å². The SMILES string of the molecule is Cc1ccc(C)c(OCC(=O)N(Cc2ccc(Cl)cc2Cl)C(Cc2ccccc2)C(=O)NCC(C)C)c1. The number of rotatable bonds is 11. The van der Waals surface area contributed by atoms with Crippen molar-refractivity contribution in [3.63, 3.8) is 0 Å². The first-order valence-electron chi connectivity index (χ1n) is 12.4. The van der Waals surface area contributed by atoms with E-state index in [1.165, 1.54) is 0 Å². The molecule has 1 N–H and O–H groups in total. The molecule has 0 aliphatic rings. The molecule has 0 heterocycles. The van der Waals surface area contributed by atoms with Crippen molar-refractivity contribution in [3.05, 3.63) is 99.0 Å². The van der Waals surface area contributed by atoms with Crippen LogP contribution in [-0.4, -0.2) is 35.9 Å². The molecule has 0 fully saturated rings. The van der Waals surface area contributed by atoms with E-state index in [2.05, 4.69) is 5.32 Å². The molecule has 1 unspecified atom stereocenters. The van der Waals surface area contributed by atoms with Crippen molar-refractivity contribution < 1.29 is 14.3 Å². The number of nitrogens with zero attached hydrogens (tertiary/aromatic N) is 1. The van der Waals surface area contributed by atoms with Gasteiger partial charge in [0.15, 0.2) is 6.61 Å². The van der Waals surface area contributed by atoms with Gasteiger partial charge in [0.25, 0.3) is 5.91 Å². The van der Waals surface area contributed by atoms with Gasteiger partial charge in [-0.05, 0) is 60.2 Å². The highest BCUT2D eigenvalue weighted by atomic mass is 35.5. The molecule has 0 aliphatic heterocycles. The van der Waals surface area contributed by atoms with Gasteiger partial charge in [0, 0.05) is 29.6 Å². The van der Waals surface area contributed by atoms with Crippen molar-refractivity contribution >= 4 is 35.0 Å². The fraction of sp³-hybridized carbons (Fsp3) is 0.333. The summed E-state index contributed by atoms with van der Waals surface area (Å²) in [6.45, 7) is 8.39. The lowest BCUT2D eigenvalue weighted by Crippen LogP contribution is -2.52. The highest BCUT2D eigenvalue weighted by Gasteiger charge is 2.31.